The van der Waals surface area contributed by atoms with Crippen LogP contribution in [0.2, 0.25) is 10.0 Å². The Morgan fingerprint density at radius 2 is 1.59 bits per heavy atom. The maximum Gasteiger partial charge on any atom is 0.243 e. The minimum Gasteiger partial charge on any atom is -0.376 e. The van der Waals surface area contributed by atoms with Gasteiger partial charge in [0.25, 0.3) is 0 Å². The molecule has 0 saturated carbocycles. The molecule has 0 atom stereocenters. The van der Waals surface area contributed by atoms with Gasteiger partial charge in [-0.25, -0.2) is 0 Å². The molecule has 0 heterocycles. The fourth-order valence-corrected chi connectivity index (χ4v) is 2.08. The molecule has 114 valence electrons. The lowest BCUT2D eigenvalue weighted by molar-refractivity contribution is -0.114. The Kier molecular flexibility index (Phi) is 5.41. The van der Waals surface area contributed by atoms with Gasteiger partial charge in [0.05, 0.1) is 16.6 Å². The number of carbonyl (C=O) groups is 2. The van der Waals surface area contributed by atoms with Gasteiger partial charge in [-0.2, -0.15) is 0 Å². The van der Waals surface area contributed by atoms with Crippen LogP contribution < -0.4 is 10.6 Å². The fourth-order valence-electron chi connectivity index (χ4n) is 1.78. The topological polar surface area (TPSA) is 58.2 Å². The second kappa shape index (κ2) is 7.29. The average molecular weight is 337 g/mol. The number of hydrogen-bond acceptors (Lipinski definition) is 3. The predicted octanol–water partition coefficient (Wildman–Crippen LogP) is 4.25. The normalized spacial score (nSPS) is 10.1. The molecule has 0 radical (unpaired) electrons. The third kappa shape index (κ3) is 4.48. The molecule has 0 fully saturated rings. The van der Waals surface area contributed by atoms with Crippen molar-refractivity contribution in [1.82, 2.24) is 0 Å². The quantitative estimate of drug-likeness (QED) is 0.802. The van der Waals surface area contributed by atoms with Gasteiger partial charge in [-0.3, -0.25) is 9.59 Å². The van der Waals surface area contributed by atoms with E-state index in [2.05, 4.69) is 10.6 Å². The van der Waals surface area contributed by atoms with Crippen molar-refractivity contribution < 1.29 is 9.59 Å². The lowest BCUT2D eigenvalue weighted by Gasteiger charge is -2.09. The summed E-state index contributed by atoms with van der Waals surface area (Å²) in [5.74, 6) is -0.221. The molecule has 2 aromatic carbocycles. The van der Waals surface area contributed by atoms with E-state index >= 15 is 0 Å². The van der Waals surface area contributed by atoms with Crippen LogP contribution in [-0.2, 0) is 4.79 Å². The number of Topliss-reactive ketones (excluding diaryl/α,β-unsaturated/α-hetero) is 1. The molecule has 2 N–H and O–H groups in total. The Bertz CT molecular complexity index is 700. The van der Waals surface area contributed by atoms with Gasteiger partial charge in [-0.1, -0.05) is 23.2 Å². The van der Waals surface area contributed by atoms with Gasteiger partial charge in [0.15, 0.2) is 5.78 Å². The number of hydrogen-bond donors (Lipinski definition) is 2. The first-order chi connectivity index (χ1) is 10.5. The number of benzene rings is 2. The Labute approximate surface area is 138 Å². The van der Waals surface area contributed by atoms with Crippen LogP contribution in [0.3, 0.4) is 0 Å². The van der Waals surface area contributed by atoms with Crippen LogP contribution in [0, 0.1) is 0 Å². The van der Waals surface area contributed by atoms with E-state index in [1.54, 1.807) is 42.5 Å². The van der Waals surface area contributed by atoms with Crippen molar-refractivity contribution in [2.45, 2.75) is 6.92 Å². The Morgan fingerprint density at radius 1 is 0.955 bits per heavy atom. The summed E-state index contributed by atoms with van der Waals surface area (Å²) < 4.78 is 0. The molecule has 0 saturated heterocycles. The van der Waals surface area contributed by atoms with E-state index in [0.717, 1.165) is 0 Å². The van der Waals surface area contributed by atoms with Gasteiger partial charge in [-0.05, 0) is 49.4 Å². The fraction of sp³-hybridized carbons (Fsp3) is 0.125. The van der Waals surface area contributed by atoms with Gasteiger partial charge < -0.3 is 10.6 Å². The zero-order valence-electron chi connectivity index (χ0n) is 11.8. The zero-order valence-corrected chi connectivity index (χ0v) is 13.3. The third-order valence-corrected chi connectivity index (χ3v) is 3.69. The first-order valence-electron chi connectivity index (χ1n) is 6.55. The molecule has 1 amide bonds. The van der Waals surface area contributed by atoms with Crippen molar-refractivity contribution in [3.63, 3.8) is 0 Å². The van der Waals surface area contributed by atoms with E-state index in [-0.39, 0.29) is 18.2 Å². The summed E-state index contributed by atoms with van der Waals surface area (Å²) in [5, 5.41) is 6.57. The van der Waals surface area contributed by atoms with E-state index in [9.17, 15) is 9.59 Å². The average Bonchev–Trinajstić information content (AvgIpc) is 2.49. The van der Waals surface area contributed by atoms with Crippen LogP contribution >= 0.6 is 23.2 Å². The van der Waals surface area contributed by atoms with Gasteiger partial charge >= 0.3 is 0 Å². The van der Waals surface area contributed by atoms with Crippen LogP contribution in [0.4, 0.5) is 11.4 Å². The van der Waals surface area contributed by atoms with Crippen LogP contribution in [0.1, 0.15) is 17.3 Å². The first kappa shape index (κ1) is 16.3. The van der Waals surface area contributed by atoms with E-state index in [0.29, 0.717) is 27.0 Å². The number of carbonyl (C=O) groups excluding carboxylic acids is 2. The van der Waals surface area contributed by atoms with Crippen LogP contribution in [0.25, 0.3) is 0 Å². The van der Waals surface area contributed by atoms with Crippen LogP contribution in [0.5, 0.6) is 0 Å². The predicted molar refractivity (Wildman–Crippen MR) is 90.0 cm³/mol. The molecule has 2 rings (SSSR count). The van der Waals surface area contributed by atoms with E-state index in [1.807, 2.05) is 0 Å². The molecular weight excluding hydrogens is 323 g/mol. The standard InChI is InChI=1S/C16H14Cl2N2O2/c1-10(21)11-2-4-12(5-3-11)20-16(22)9-19-13-6-7-14(17)15(18)8-13/h2-8,19H,9H2,1H3,(H,20,22). The molecule has 22 heavy (non-hydrogen) atoms. The highest BCUT2D eigenvalue weighted by molar-refractivity contribution is 6.42. The summed E-state index contributed by atoms with van der Waals surface area (Å²) >= 11 is 11.7. The zero-order chi connectivity index (χ0) is 16.1. The van der Waals surface area contributed by atoms with Gasteiger partial charge in [0, 0.05) is 16.9 Å². The third-order valence-electron chi connectivity index (χ3n) is 2.95. The largest absolute Gasteiger partial charge is 0.376 e. The van der Waals surface area contributed by atoms with Crippen molar-refractivity contribution in [2.75, 3.05) is 17.2 Å². The summed E-state index contributed by atoms with van der Waals surface area (Å²) in [4.78, 5) is 23.0. The SMILES string of the molecule is CC(=O)c1ccc(NC(=O)CNc2ccc(Cl)c(Cl)c2)cc1. The molecule has 4 nitrogen and oxygen atoms in total. The minimum absolute atomic E-state index is 0.0147. The highest BCUT2D eigenvalue weighted by atomic mass is 35.5. The molecule has 0 aliphatic heterocycles. The number of anilines is 2. The summed E-state index contributed by atoms with van der Waals surface area (Å²) in [6.07, 6.45) is 0. The molecule has 0 spiro atoms. The van der Waals surface area contributed by atoms with Crippen molar-refractivity contribution >= 4 is 46.3 Å². The minimum atomic E-state index is -0.207. The van der Waals surface area contributed by atoms with Crippen LogP contribution in [-0.4, -0.2) is 18.2 Å². The molecule has 0 aromatic heterocycles. The first-order valence-corrected chi connectivity index (χ1v) is 7.31. The molecule has 2 aromatic rings. The highest BCUT2D eigenvalue weighted by Gasteiger charge is 2.05. The van der Waals surface area contributed by atoms with Crippen molar-refractivity contribution in [1.29, 1.82) is 0 Å². The lowest BCUT2D eigenvalue weighted by atomic mass is 10.1. The van der Waals surface area contributed by atoms with E-state index in [1.165, 1.54) is 6.92 Å². The molecule has 0 bridgehead atoms. The number of amides is 1. The van der Waals surface area contributed by atoms with Gasteiger partial charge in [0.2, 0.25) is 5.91 Å². The van der Waals surface area contributed by atoms with Gasteiger partial charge in [-0.15, -0.1) is 0 Å². The smallest absolute Gasteiger partial charge is 0.243 e. The van der Waals surface area contributed by atoms with Crippen molar-refractivity contribution in [2.24, 2.45) is 0 Å². The number of ketones is 1. The monoisotopic (exact) mass is 336 g/mol. The second-order valence-electron chi connectivity index (χ2n) is 4.66. The van der Waals surface area contributed by atoms with Crippen LogP contribution in [0.15, 0.2) is 42.5 Å². The Hall–Kier alpha value is -2.04. The number of nitrogens with one attached hydrogen (secondary N) is 2. The van der Waals surface area contributed by atoms with Crippen molar-refractivity contribution in [3.05, 3.63) is 58.1 Å². The lowest BCUT2D eigenvalue weighted by Crippen LogP contribution is -2.21. The number of rotatable bonds is 5. The maximum atomic E-state index is 11.9. The molecule has 0 aliphatic carbocycles. The van der Waals surface area contributed by atoms with E-state index in [4.69, 9.17) is 23.2 Å². The second-order valence-corrected chi connectivity index (χ2v) is 5.48. The summed E-state index contributed by atoms with van der Waals surface area (Å²) in [6.45, 7) is 1.58. The molecular formula is C16H14Cl2N2O2. The Morgan fingerprint density at radius 3 is 2.18 bits per heavy atom. The Balaban J connectivity index is 1.89. The van der Waals surface area contributed by atoms with E-state index < -0.39 is 0 Å². The van der Waals surface area contributed by atoms with Crippen molar-refractivity contribution in [3.8, 4) is 0 Å². The van der Waals surface area contributed by atoms with Gasteiger partial charge in [0.1, 0.15) is 0 Å². The summed E-state index contributed by atoms with van der Waals surface area (Å²) in [5.41, 5.74) is 1.94. The maximum absolute atomic E-state index is 11.9. The summed E-state index contributed by atoms with van der Waals surface area (Å²) in [7, 11) is 0. The summed E-state index contributed by atoms with van der Waals surface area (Å²) in [6, 6.07) is 11.8. The molecule has 6 heteroatoms. The molecule has 0 unspecified atom stereocenters. The highest BCUT2D eigenvalue weighted by Crippen LogP contribution is 2.24. The molecule has 0 aliphatic rings. The number of halogens is 2.